The van der Waals surface area contributed by atoms with Gasteiger partial charge in [-0.1, -0.05) is 6.07 Å². The summed E-state index contributed by atoms with van der Waals surface area (Å²) in [6.45, 7) is 0.367. The molecule has 0 radical (unpaired) electrons. The van der Waals surface area contributed by atoms with E-state index in [1.807, 2.05) is 0 Å². The molecule has 6 nitrogen and oxygen atoms in total. The topological polar surface area (TPSA) is 85.4 Å². The molecule has 0 saturated carbocycles. The van der Waals surface area contributed by atoms with E-state index in [2.05, 4.69) is 0 Å². The highest BCUT2D eigenvalue weighted by molar-refractivity contribution is 5.98. The second kappa shape index (κ2) is 6.27. The fourth-order valence-corrected chi connectivity index (χ4v) is 2.93. The third-order valence-electron chi connectivity index (χ3n) is 4.13. The van der Waals surface area contributed by atoms with Gasteiger partial charge < -0.3 is 10.6 Å². The molecular formula is C17H16FN3O3. The minimum Gasteiger partial charge on any atom is -0.368 e. The summed E-state index contributed by atoms with van der Waals surface area (Å²) >= 11 is 0. The van der Waals surface area contributed by atoms with Crippen LogP contribution in [0.25, 0.3) is 5.69 Å². The Bertz CT molecular complexity index is 862. The van der Waals surface area contributed by atoms with Crippen LogP contribution in [-0.4, -0.2) is 33.9 Å². The van der Waals surface area contributed by atoms with Crippen LogP contribution in [0.2, 0.25) is 0 Å². The van der Waals surface area contributed by atoms with Crippen molar-refractivity contribution in [2.24, 2.45) is 5.73 Å². The number of benzene rings is 1. The van der Waals surface area contributed by atoms with E-state index in [9.17, 15) is 18.8 Å². The normalized spacial score (nSPS) is 17.0. The van der Waals surface area contributed by atoms with E-state index in [1.165, 1.54) is 33.9 Å². The lowest BCUT2D eigenvalue weighted by molar-refractivity contribution is -0.121. The van der Waals surface area contributed by atoms with Crippen LogP contribution in [-0.2, 0) is 4.79 Å². The van der Waals surface area contributed by atoms with Crippen LogP contribution < -0.4 is 11.3 Å². The number of likely N-dealkylation sites (tertiary alicyclic amines) is 1. The molecule has 1 saturated heterocycles. The summed E-state index contributed by atoms with van der Waals surface area (Å²) < 4.78 is 15.7. The number of nitrogens with two attached hydrogens (primary N) is 1. The molecule has 1 aromatic heterocycles. The van der Waals surface area contributed by atoms with Crippen molar-refractivity contribution in [3.8, 4) is 5.69 Å². The van der Waals surface area contributed by atoms with Gasteiger partial charge in [0.25, 0.3) is 11.5 Å². The first kappa shape index (κ1) is 15.9. The quantitative estimate of drug-likeness (QED) is 0.914. The molecule has 2 N–H and O–H groups in total. The molecule has 1 atom stereocenters. The van der Waals surface area contributed by atoms with Crippen molar-refractivity contribution in [1.29, 1.82) is 0 Å². The van der Waals surface area contributed by atoms with Crippen LogP contribution in [0, 0.1) is 5.82 Å². The monoisotopic (exact) mass is 329 g/mol. The van der Waals surface area contributed by atoms with Crippen LogP contribution in [0.4, 0.5) is 4.39 Å². The van der Waals surface area contributed by atoms with E-state index in [4.69, 9.17) is 5.73 Å². The summed E-state index contributed by atoms with van der Waals surface area (Å²) in [5.74, 6) is -1.90. The van der Waals surface area contributed by atoms with Gasteiger partial charge in [0.2, 0.25) is 5.91 Å². The number of rotatable bonds is 3. The number of nitrogens with zero attached hydrogens (tertiary/aromatic N) is 2. The molecule has 1 aromatic carbocycles. The van der Waals surface area contributed by atoms with Crippen molar-refractivity contribution in [3.05, 3.63) is 64.3 Å². The average Bonchev–Trinajstić information content (AvgIpc) is 3.04. The Morgan fingerprint density at radius 1 is 1.21 bits per heavy atom. The van der Waals surface area contributed by atoms with Gasteiger partial charge in [0.05, 0.1) is 11.3 Å². The molecule has 1 aliphatic heterocycles. The molecule has 0 bridgehead atoms. The minimum atomic E-state index is -0.747. The van der Waals surface area contributed by atoms with Crippen molar-refractivity contribution in [2.45, 2.75) is 18.9 Å². The summed E-state index contributed by atoms with van der Waals surface area (Å²) in [5, 5.41) is 0. The fourth-order valence-electron chi connectivity index (χ4n) is 2.93. The Labute approximate surface area is 137 Å². The Morgan fingerprint density at radius 3 is 2.67 bits per heavy atom. The number of halogens is 1. The van der Waals surface area contributed by atoms with E-state index in [-0.39, 0.29) is 11.1 Å². The lowest BCUT2D eigenvalue weighted by Gasteiger charge is -2.22. The second-order valence-corrected chi connectivity index (χ2v) is 5.63. The first-order valence-electron chi connectivity index (χ1n) is 7.57. The van der Waals surface area contributed by atoms with Gasteiger partial charge in [-0.25, -0.2) is 4.39 Å². The number of pyridine rings is 1. The third kappa shape index (κ3) is 2.80. The van der Waals surface area contributed by atoms with Crippen LogP contribution in [0.15, 0.2) is 47.4 Å². The molecule has 124 valence electrons. The van der Waals surface area contributed by atoms with Crippen molar-refractivity contribution in [3.63, 3.8) is 0 Å². The number of carbonyl (C=O) groups excluding carboxylic acids is 2. The Morgan fingerprint density at radius 2 is 2.00 bits per heavy atom. The van der Waals surface area contributed by atoms with Gasteiger partial charge in [-0.2, -0.15) is 0 Å². The van der Waals surface area contributed by atoms with Crippen molar-refractivity contribution in [1.82, 2.24) is 9.47 Å². The lowest BCUT2D eigenvalue weighted by Crippen LogP contribution is -2.43. The maximum absolute atomic E-state index is 14.4. The maximum Gasteiger partial charge on any atom is 0.257 e. The van der Waals surface area contributed by atoms with Gasteiger partial charge in [-0.05, 0) is 37.1 Å². The highest BCUT2D eigenvalue weighted by Crippen LogP contribution is 2.22. The van der Waals surface area contributed by atoms with Crippen molar-refractivity contribution >= 4 is 11.8 Å². The number of amides is 2. The van der Waals surface area contributed by atoms with Crippen LogP contribution >= 0.6 is 0 Å². The molecule has 2 aromatic rings. The lowest BCUT2D eigenvalue weighted by atomic mass is 10.1. The van der Waals surface area contributed by atoms with E-state index in [0.29, 0.717) is 25.1 Å². The number of hydrogen-bond acceptors (Lipinski definition) is 3. The van der Waals surface area contributed by atoms with Gasteiger partial charge in [0.15, 0.2) is 0 Å². The van der Waals surface area contributed by atoms with Gasteiger partial charge in [-0.15, -0.1) is 0 Å². The highest BCUT2D eigenvalue weighted by Gasteiger charge is 2.34. The average molecular weight is 329 g/mol. The maximum atomic E-state index is 14.4. The molecule has 2 heterocycles. The SMILES string of the molecule is NC(=O)C1CCCN1C(=O)c1ccc(-n2ccccc2=O)cc1F. The molecule has 0 spiro atoms. The zero-order valence-corrected chi connectivity index (χ0v) is 12.8. The summed E-state index contributed by atoms with van der Waals surface area (Å²) in [7, 11) is 0. The Balaban J connectivity index is 1.93. The first-order chi connectivity index (χ1) is 11.5. The Kier molecular flexibility index (Phi) is 4.16. The molecule has 0 aliphatic carbocycles. The van der Waals surface area contributed by atoms with Crippen LogP contribution in [0.5, 0.6) is 0 Å². The van der Waals surface area contributed by atoms with E-state index in [0.717, 1.165) is 6.07 Å². The number of carbonyl (C=O) groups is 2. The van der Waals surface area contributed by atoms with Crippen LogP contribution in [0.3, 0.4) is 0 Å². The number of hydrogen-bond donors (Lipinski definition) is 1. The zero-order chi connectivity index (χ0) is 17.3. The zero-order valence-electron chi connectivity index (χ0n) is 12.8. The first-order valence-corrected chi connectivity index (χ1v) is 7.57. The molecule has 1 aliphatic rings. The van der Waals surface area contributed by atoms with E-state index >= 15 is 0 Å². The second-order valence-electron chi connectivity index (χ2n) is 5.63. The molecule has 3 rings (SSSR count). The smallest absolute Gasteiger partial charge is 0.257 e. The molecule has 7 heteroatoms. The summed E-state index contributed by atoms with van der Waals surface area (Å²) in [6, 6.07) is 7.84. The van der Waals surface area contributed by atoms with Crippen molar-refractivity contribution in [2.75, 3.05) is 6.54 Å². The van der Waals surface area contributed by atoms with Gasteiger partial charge in [0.1, 0.15) is 11.9 Å². The summed E-state index contributed by atoms with van der Waals surface area (Å²) in [6.07, 6.45) is 2.65. The molecule has 2 amide bonds. The van der Waals surface area contributed by atoms with Crippen LogP contribution in [0.1, 0.15) is 23.2 Å². The van der Waals surface area contributed by atoms with E-state index < -0.39 is 23.7 Å². The van der Waals surface area contributed by atoms with E-state index in [1.54, 1.807) is 12.1 Å². The number of primary amides is 1. The van der Waals surface area contributed by atoms with Gasteiger partial charge >= 0.3 is 0 Å². The predicted octanol–water partition coefficient (Wildman–Crippen LogP) is 1.07. The van der Waals surface area contributed by atoms with Crippen molar-refractivity contribution < 1.29 is 14.0 Å². The Hall–Kier alpha value is -2.96. The summed E-state index contributed by atoms with van der Waals surface area (Å²) in [5.41, 5.74) is 5.17. The number of aromatic nitrogens is 1. The molecule has 1 unspecified atom stereocenters. The third-order valence-corrected chi connectivity index (χ3v) is 4.13. The molecule has 1 fully saturated rings. The largest absolute Gasteiger partial charge is 0.368 e. The minimum absolute atomic E-state index is 0.143. The van der Waals surface area contributed by atoms with Gasteiger partial charge in [0, 0.05) is 18.8 Å². The fraction of sp³-hybridized carbons (Fsp3) is 0.235. The van der Waals surface area contributed by atoms with Gasteiger partial charge in [-0.3, -0.25) is 19.0 Å². The molecule has 24 heavy (non-hydrogen) atoms. The summed E-state index contributed by atoms with van der Waals surface area (Å²) in [4.78, 5) is 37.0. The predicted molar refractivity (Wildman–Crippen MR) is 85.2 cm³/mol. The standard InChI is InChI=1S/C17H16FN3O3/c18-13-10-11(20-8-2-1-5-15(20)22)6-7-12(13)17(24)21-9-3-4-14(21)16(19)23/h1-2,5-8,10,14H,3-4,9H2,(H2,19,23). The molecular weight excluding hydrogens is 313 g/mol. The highest BCUT2D eigenvalue weighted by atomic mass is 19.1.